The van der Waals surface area contributed by atoms with Gasteiger partial charge in [-0.2, -0.15) is 15.1 Å². The maximum Gasteiger partial charge on any atom is 0.319 e. The quantitative estimate of drug-likeness (QED) is 0.302. The standard InChI is InChI=1S/C32H35ClFN7O2/c1-4-25(42)41-17-32(18-41)9-12-40(16-32)30-21-13-23(33)27(26-19(2)5-6-24-22(26)14-35-38-24)28(34)29(21)36-31(37-30)43-15-20-7-10-39(3)11-8-20/h4-6,13-14,20H,1,7-12,15-18H2,2-3H3,(H,35,38). The highest BCUT2D eigenvalue weighted by Crippen LogP contribution is 2.45. The molecule has 2 aromatic heterocycles. The summed E-state index contributed by atoms with van der Waals surface area (Å²) >= 11 is 6.91. The number of rotatable bonds is 6. The number of nitrogens with one attached hydrogen (secondary N) is 1. The highest BCUT2D eigenvalue weighted by atomic mass is 35.5. The van der Waals surface area contributed by atoms with Gasteiger partial charge in [0.15, 0.2) is 5.82 Å². The average Bonchev–Trinajstić information content (AvgIpc) is 3.65. The fourth-order valence-corrected chi connectivity index (χ4v) is 7.28. The normalized spacial score (nSPS) is 19.0. The van der Waals surface area contributed by atoms with Gasteiger partial charge in [0.05, 0.1) is 23.3 Å². The van der Waals surface area contributed by atoms with Crippen LogP contribution in [-0.4, -0.2) is 88.8 Å². The molecule has 1 spiro atoms. The van der Waals surface area contributed by atoms with Crippen LogP contribution in [0.2, 0.25) is 5.02 Å². The molecule has 0 atom stereocenters. The van der Waals surface area contributed by atoms with E-state index in [1.165, 1.54) is 6.08 Å². The number of carbonyl (C=O) groups excluding carboxylic acids is 1. The van der Waals surface area contributed by atoms with E-state index in [1.807, 2.05) is 24.0 Å². The van der Waals surface area contributed by atoms with Crippen LogP contribution in [0.25, 0.3) is 32.9 Å². The molecule has 3 fully saturated rings. The van der Waals surface area contributed by atoms with Crippen LogP contribution in [0.1, 0.15) is 24.8 Å². The third kappa shape index (κ3) is 4.90. The molecule has 224 valence electrons. The zero-order chi connectivity index (χ0) is 29.9. The Balaban J connectivity index is 1.30. The fourth-order valence-electron chi connectivity index (χ4n) is 7.00. The van der Waals surface area contributed by atoms with Crippen molar-refractivity contribution in [3.05, 3.63) is 53.5 Å². The van der Waals surface area contributed by atoms with Gasteiger partial charge in [0.2, 0.25) is 5.91 Å². The molecule has 1 amide bonds. The number of anilines is 1. The van der Waals surface area contributed by atoms with Gasteiger partial charge in [-0.1, -0.05) is 24.2 Å². The van der Waals surface area contributed by atoms with Crippen molar-refractivity contribution in [2.24, 2.45) is 11.3 Å². The number of ether oxygens (including phenoxy) is 1. The minimum absolute atomic E-state index is 0.0264. The number of aromatic nitrogens is 4. The molecule has 43 heavy (non-hydrogen) atoms. The molecular formula is C32H35ClFN7O2. The number of likely N-dealkylation sites (tertiary alicyclic amines) is 2. The molecule has 7 rings (SSSR count). The minimum atomic E-state index is -0.507. The van der Waals surface area contributed by atoms with Gasteiger partial charge in [-0.05, 0) is 76.0 Å². The molecule has 3 aliphatic rings. The summed E-state index contributed by atoms with van der Waals surface area (Å²) in [7, 11) is 2.13. The highest BCUT2D eigenvalue weighted by Gasteiger charge is 2.49. The predicted molar refractivity (Wildman–Crippen MR) is 166 cm³/mol. The summed E-state index contributed by atoms with van der Waals surface area (Å²) in [4.78, 5) is 27.9. The maximum absolute atomic E-state index is 16.8. The lowest BCUT2D eigenvalue weighted by Gasteiger charge is -2.47. The lowest BCUT2D eigenvalue weighted by atomic mass is 9.79. The van der Waals surface area contributed by atoms with Crippen molar-refractivity contribution in [2.45, 2.75) is 26.2 Å². The number of halogens is 2. The minimum Gasteiger partial charge on any atom is -0.463 e. The van der Waals surface area contributed by atoms with E-state index in [0.717, 1.165) is 55.4 Å². The fraction of sp³-hybridized carbons (Fsp3) is 0.438. The smallest absolute Gasteiger partial charge is 0.319 e. The van der Waals surface area contributed by atoms with Gasteiger partial charge in [0.25, 0.3) is 0 Å². The highest BCUT2D eigenvalue weighted by molar-refractivity contribution is 6.35. The Morgan fingerprint density at radius 2 is 1.98 bits per heavy atom. The lowest BCUT2D eigenvalue weighted by Crippen LogP contribution is -2.59. The van der Waals surface area contributed by atoms with Gasteiger partial charge in [-0.3, -0.25) is 9.89 Å². The molecule has 11 heteroatoms. The maximum atomic E-state index is 16.8. The summed E-state index contributed by atoms with van der Waals surface area (Å²) in [5, 5.41) is 8.77. The van der Waals surface area contributed by atoms with Crippen LogP contribution < -0.4 is 9.64 Å². The van der Waals surface area contributed by atoms with Crippen LogP contribution >= 0.6 is 11.6 Å². The Labute approximate surface area is 254 Å². The predicted octanol–water partition coefficient (Wildman–Crippen LogP) is 5.22. The number of aryl methyl sites for hydroxylation is 1. The summed E-state index contributed by atoms with van der Waals surface area (Å²) < 4.78 is 23.0. The average molecular weight is 604 g/mol. The van der Waals surface area contributed by atoms with Crippen molar-refractivity contribution in [1.82, 2.24) is 30.0 Å². The third-order valence-corrected chi connectivity index (χ3v) is 9.79. The van der Waals surface area contributed by atoms with Gasteiger partial charge in [-0.15, -0.1) is 0 Å². The molecule has 1 N–H and O–H groups in total. The van der Waals surface area contributed by atoms with E-state index < -0.39 is 5.82 Å². The van der Waals surface area contributed by atoms with Gasteiger partial charge >= 0.3 is 6.01 Å². The van der Waals surface area contributed by atoms with Crippen molar-refractivity contribution in [2.75, 3.05) is 57.8 Å². The van der Waals surface area contributed by atoms with Gasteiger partial charge < -0.3 is 19.4 Å². The number of nitrogens with zero attached hydrogens (tertiary/aromatic N) is 6. The topological polar surface area (TPSA) is 90.5 Å². The Morgan fingerprint density at radius 3 is 2.74 bits per heavy atom. The van der Waals surface area contributed by atoms with E-state index in [2.05, 4.69) is 38.6 Å². The van der Waals surface area contributed by atoms with Crippen molar-refractivity contribution >= 4 is 45.1 Å². The number of hydrogen-bond donors (Lipinski definition) is 1. The van der Waals surface area contributed by atoms with Gasteiger partial charge in [0, 0.05) is 53.5 Å². The Hall–Kier alpha value is -3.76. The molecule has 4 aromatic rings. The van der Waals surface area contributed by atoms with Crippen LogP contribution in [0.4, 0.5) is 10.2 Å². The van der Waals surface area contributed by atoms with Crippen LogP contribution in [0, 0.1) is 24.1 Å². The third-order valence-electron chi connectivity index (χ3n) is 9.49. The SMILES string of the molecule is C=CC(=O)N1CC2(CCN(c3nc(OCC4CCN(C)CC4)nc4c(F)c(-c5c(C)ccc6[nH]ncc56)c(Cl)cc34)C2)C1. The van der Waals surface area contributed by atoms with Crippen LogP contribution in [0.3, 0.4) is 0 Å². The van der Waals surface area contributed by atoms with E-state index in [0.29, 0.717) is 54.5 Å². The second kappa shape index (κ2) is 10.7. The molecule has 3 aliphatic heterocycles. The molecule has 2 aromatic carbocycles. The first-order chi connectivity index (χ1) is 20.7. The van der Waals surface area contributed by atoms with Crippen LogP contribution in [0.15, 0.2) is 37.1 Å². The van der Waals surface area contributed by atoms with E-state index in [1.54, 1.807) is 12.3 Å². The van der Waals surface area contributed by atoms with Gasteiger partial charge in [0.1, 0.15) is 11.3 Å². The largest absolute Gasteiger partial charge is 0.463 e. The number of aromatic amines is 1. The van der Waals surface area contributed by atoms with Crippen LogP contribution in [-0.2, 0) is 4.79 Å². The molecule has 0 bridgehead atoms. The molecular weight excluding hydrogens is 569 g/mol. The molecule has 0 radical (unpaired) electrons. The molecule has 9 nitrogen and oxygen atoms in total. The van der Waals surface area contributed by atoms with Gasteiger partial charge in [-0.25, -0.2) is 4.39 Å². The van der Waals surface area contributed by atoms with E-state index >= 15 is 4.39 Å². The van der Waals surface area contributed by atoms with Crippen LogP contribution in [0.5, 0.6) is 6.01 Å². The Morgan fingerprint density at radius 1 is 1.19 bits per heavy atom. The second-order valence-corrected chi connectivity index (χ2v) is 12.9. The molecule has 0 aliphatic carbocycles. The number of piperidine rings is 1. The number of hydrogen-bond acceptors (Lipinski definition) is 7. The number of H-pyrrole nitrogens is 1. The van der Waals surface area contributed by atoms with Crippen molar-refractivity contribution < 1.29 is 13.9 Å². The first-order valence-corrected chi connectivity index (χ1v) is 15.2. The van der Waals surface area contributed by atoms with Crippen molar-refractivity contribution in [1.29, 1.82) is 0 Å². The zero-order valence-electron chi connectivity index (χ0n) is 24.5. The Bertz CT molecular complexity index is 1740. The molecule has 5 heterocycles. The molecule has 0 saturated carbocycles. The molecule has 0 unspecified atom stereocenters. The summed E-state index contributed by atoms with van der Waals surface area (Å²) in [5.41, 5.74) is 2.81. The monoisotopic (exact) mass is 603 g/mol. The summed E-state index contributed by atoms with van der Waals surface area (Å²) in [6.07, 6.45) is 6.03. The molecule has 3 saturated heterocycles. The summed E-state index contributed by atoms with van der Waals surface area (Å²) in [5.74, 6) is 0.446. The van der Waals surface area contributed by atoms with Crippen molar-refractivity contribution in [3.63, 3.8) is 0 Å². The first kappa shape index (κ1) is 28.0. The summed E-state index contributed by atoms with van der Waals surface area (Å²) in [6.45, 7) is 10.8. The lowest BCUT2D eigenvalue weighted by molar-refractivity contribution is -0.136. The van der Waals surface area contributed by atoms with E-state index in [4.69, 9.17) is 21.3 Å². The van der Waals surface area contributed by atoms with Crippen molar-refractivity contribution in [3.8, 4) is 17.1 Å². The second-order valence-electron chi connectivity index (χ2n) is 12.5. The van der Waals surface area contributed by atoms with E-state index in [9.17, 15) is 4.79 Å². The van der Waals surface area contributed by atoms with E-state index in [-0.39, 0.29) is 27.9 Å². The zero-order valence-corrected chi connectivity index (χ0v) is 25.3. The summed E-state index contributed by atoms with van der Waals surface area (Å²) in [6, 6.07) is 5.81. The Kier molecular flexibility index (Phi) is 7.01. The number of fused-ring (bicyclic) bond motifs is 2. The number of carbonyl (C=O) groups is 1. The number of benzene rings is 2. The first-order valence-electron chi connectivity index (χ1n) is 14.9. The number of amides is 1.